The average molecular weight is 265 g/mol. The second-order valence-corrected chi connectivity index (χ2v) is 5.80. The number of rotatable bonds is 4. The van der Waals surface area contributed by atoms with Crippen molar-refractivity contribution < 1.29 is 0 Å². The van der Waals surface area contributed by atoms with Gasteiger partial charge in [0.25, 0.3) is 0 Å². The summed E-state index contributed by atoms with van der Waals surface area (Å²) in [5.74, 6) is 1.68. The first-order chi connectivity index (χ1) is 9.90. The van der Waals surface area contributed by atoms with Crippen LogP contribution in [-0.4, -0.2) is 15.8 Å². The predicted molar refractivity (Wildman–Crippen MR) is 79.5 cm³/mol. The number of benzene rings is 1. The quantitative estimate of drug-likeness (QED) is 0.861. The van der Waals surface area contributed by atoms with Crippen LogP contribution >= 0.6 is 0 Å². The normalized spacial score (nSPS) is 27.3. The first-order valence-corrected chi connectivity index (χ1v) is 7.40. The van der Waals surface area contributed by atoms with E-state index in [1.54, 1.807) is 0 Å². The molecule has 0 amide bonds. The highest BCUT2D eigenvalue weighted by Gasteiger charge is 2.40. The number of nitrogens with zero attached hydrogens (tertiary/aromatic N) is 2. The van der Waals surface area contributed by atoms with Crippen LogP contribution in [0.4, 0.5) is 0 Å². The van der Waals surface area contributed by atoms with Crippen molar-refractivity contribution in [3.05, 3.63) is 60.4 Å². The summed E-state index contributed by atoms with van der Waals surface area (Å²) in [7, 11) is 0. The van der Waals surface area contributed by atoms with Gasteiger partial charge in [-0.3, -0.25) is 0 Å². The largest absolute Gasteiger partial charge is 0.308 e. The molecule has 4 rings (SSSR count). The fourth-order valence-corrected chi connectivity index (χ4v) is 3.37. The van der Waals surface area contributed by atoms with E-state index in [2.05, 4.69) is 40.8 Å². The third-order valence-corrected chi connectivity index (χ3v) is 4.59. The van der Waals surface area contributed by atoms with E-state index < -0.39 is 0 Å². The van der Waals surface area contributed by atoms with E-state index in [1.165, 1.54) is 12.8 Å². The summed E-state index contributed by atoms with van der Waals surface area (Å²) in [5, 5.41) is 8.29. The minimum Gasteiger partial charge on any atom is -0.308 e. The van der Waals surface area contributed by atoms with Crippen LogP contribution in [-0.2, 0) is 6.54 Å². The zero-order valence-electron chi connectivity index (χ0n) is 11.4. The lowest BCUT2D eigenvalue weighted by molar-refractivity contribution is 0.158. The summed E-state index contributed by atoms with van der Waals surface area (Å²) in [6.45, 7) is 0.869. The number of hydrogen-bond donors (Lipinski definition) is 1. The maximum atomic E-state index is 4.63. The number of aromatic nitrogens is 2. The molecule has 1 fully saturated rings. The van der Waals surface area contributed by atoms with Crippen molar-refractivity contribution >= 4 is 0 Å². The molecule has 0 radical (unpaired) electrons. The van der Waals surface area contributed by atoms with Gasteiger partial charge < -0.3 is 5.32 Å². The van der Waals surface area contributed by atoms with E-state index in [-0.39, 0.29) is 0 Å². The molecular weight excluding hydrogens is 246 g/mol. The highest BCUT2D eigenvalue weighted by Crippen LogP contribution is 2.42. The number of hydrogen-bond acceptors (Lipinski definition) is 2. The molecule has 1 heterocycles. The van der Waals surface area contributed by atoms with Crippen LogP contribution in [0.15, 0.2) is 54.7 Å². The van der Waals surface area contributed by atoms with E-state index in [1.807, 2.05) is 29.1 Å². The summed E-state index contributed by atoms with van der Waals surface area (Å²) in [6.07, 6.45) is 9.29. The zero-order valence-corrected chi connectivity index (χ0v) is 11.4. The van der Waals surface area contributed by atoms with E-state index in [9.17, 15) is 0 Å². The molecule has 3 atom stereocenters. The van der Waals surface area contributed by atoms with Crippen LogP contribution in [0.25, 0.3) is 5.69 Å². The molecule has 0 aliphatic heterocycles. The van der Waals surface area contributed by atoms with Gasteiger partial charge in [-0.25, -0.2) is 4.68 Å². The lowest BCUT2D eigenvalue weighted by atomic mass is 9.71. The molecule has 1 N–H and O–H groups in total. The molecule has 1 aromatic heterocycles. The molecule has 3 heteroatoms. The third-order valence-electron chi connectivity index (χ3n) is 4.59. The Balaban J connectivity index is 1.37. The maximum Gasteiger partial charge on any atom is 0.0766 e. The van der Waals surface area contributed by atoms with Gasteiger partial charge in [-0.15, -0.1) is 0 Å². The number of nitrogens with one attached hydrogen (secondary N) is 1. The molecule has 2 aromatic rings. The maximum absolute atomic E-state index is 4.63. The van der Waals surface area contributed by atoms with Gasteiger partial charge in [0, 0.05) is 18.8 Å². The summed E-state index contributed by atoms with van der Waals surface area (Å²) in [4.78, 5) is 0. The van der Waals surface area contributed by atoms with Gasteiger partial charge in [0.2, 0.25) is 0 Å². The van der Waals surface area contributed by atoms with Crippen LogP contribution in [0.1, 0.15) is 18.5 Å². The van der Waals surface area contributed by atoms with Gasteiger partial charge >= 0.3 is 0 Å². The summed E-state index contributed by atoms with van der Waals surface area (Å²) < 4.78 is 1.94. The van der Waals surface area contributed by atoms with Gasteiger partial charge in [0.1, 0.15) is 0 Å². The minimum atomic E-state index is 0.678. The minimum absolute atomic E-state index is 0.678. The highest BCUT2D eigenvalue weighted by atomic mass is 15.3. The highest BCUT2D eigenvalue weighted by molar-refractivity contribution is 5.30. The van der Waals surface area contributed by atoms with Gasteiger partial charge in [-0.05, 0) is 42.9 Å². The Morgan fingerprint density at radius 1 is 1.20 bits per heavy atom. The van der Waals surface area contributed by atoms with Gasteiger partial charge in [0.05, 0.1) is 11.4 Å². The van der Waals surface area contributed by atoms with Gasteiger partial charge in [-0.2, -0.15) is 5.10 Å². The number of allylic oxidation sites excluding steroid dienone is 2. The zero-order chi connectivity index (χ0) is 13.4. The second-order valence-electron chi connectivity index (χ2n) is 5.80. The fourth-order valence-electron chi connectivity index (χ4n) is 3.37. The summed E-state index contributed by atoms with van der Waals surface area (Å²) in [6, 6.07) is 13.0. The monoisotopic (exact) mass is 265 g/mol. The van der Waals surface area contributed by atoms with E-state index in [0.29, 0.717) is 6.04 Å². The average Bonchev–Trinajstić information content (AvgIpc) is 3.08. The van der Waals surface area contributed by atoms with Crippen LogP contribution < -0.4 is 5.32 Å². The second kappa shape index (κ2) is 4.91. The van der Waals surface area contributed by atoms with Crippen molar-refractivity contribution in [2.24, 2.45) is 11.8 Å². The molecule has 2 aliphatic rings. The third kappa shape index (κ3) is 2.08. The Hall–Kier alpha value is -1.87. The summed E-state index contributed by atoms with van der Waals surface area (Å²) >= 11 is 0. The van der Waals surface area contributed by atoms with Crippen molar-refractivity contribution in [1.29, 1.82) is 0 Å². The van der Waals surface area contributed by atoms with Crippen molar-refractivity contribution in [3.8, 4) is 5.69 Å². The molecule has 1 unspecified atom stereocenters. The molecule has 20 heavy (non-hydrogen) atoms. The smallest absolute Gasteiger partial charge is 0.0766 e. The Bertz CT molecular complexity index is 614. The number of fused-ring (bicyclic) bond motifs is 1. The molecule has 1 aromatic carbocycles. The van der Waals surface area contributed by atoms with E-state index in [0.717, 1.165) is 29.8 Å². The Morgan fingerprint density at radius 2 is 2.10 bits per heavy atom. The van der Waals surface area contributed by atoms with Crippen molar-refractivity contribution in [2.45, 2.75) is 25.4 Å². The van der Waals surface area contributed by atoms with Crippen LogP contribution in [0.5, 0.6) is 0 Å². The SMILES string of the molecule is C1=C[C@H]2CC(NCc3ccn(-c4ccccc4)n3)[C@H]2C1. The molecule has 102 valence electrons. The lowest BCUT2D eigenvalue weighted by Crippen LogP contribution is -2.47. The Kier molecular flexibility index (Phi) is 2.92. The Morgan fingerprint density at radius 3 is 2.95 bits per heavy atom. The molecule has 0 spiro atoms. The topological polar surface area (TPSA) is 29.9 Å². The molecule has 0 bridgehead atoms. The van der Waals surface area contributed by atoms with Crippen LogP contribution in [0.3, 0.4) is 0 Å². The summed E-state index contributed by atoms with van der Waals surface area (Å²) in [5.41, 5.74) is 2.23. The fraction of sp³-hybridized carbons (Fsp3) is 0.353. The Labute approximate surface area is 119 Å². The standard InChI is InChI=1S/C17H19N3/c1-2-6-15(7-3-1)20-10-9-14(19-20)12-18-17-11-13-5-4-8-16(13)17/h1-7,9-10,13,16-18H,8,11-12H2/t13-,16-,17?/m0/s1. The van der Waals surface area contributed by atoms with Gasteiger partial charge in [-0.1, -0.05) is 30.4 Å². The van der Waals surface area contributed by atoms with E-state index >= 15 is 0 Å². The van der Waals surface area contributed by atoms with Crippen LogP contribution in [0.2, 0.25) is 0 Å². The van der Waals surface area contributed by atoms with Crippen molar-refractivity contribution in [2.75, 3.05) is 0 Å². The first-order valence-electron chi connectivity index (χ1n) is 7.40. The van der Waals surface area contributed by atoms with Crippen LogP contribution in [0, 0.1) is 11.8 Å². The van der Waals surface area contributed by atoms with Crippen molar-refractivity contribution in [1.82, 2.24) is 15.1 Å². The molecular formula is C17H19N3. The molecule has 3 nitrogen and oxygen atoms in total. The van der Waals surface area contributed by atoms with Gasteiger partial charge in [0.15, 0.2) is 0 Å². The first kappa shape index (κ1) is 11.9. The predicted octanol–water partition coefficient (Wildman–Crippen LogP) is 2.93. The molecule has 2 aliphatic carbocycles. The molecule has 0 saturated heterocycles. The lowest BCUT2D eigenvalue weighted by Gasteiger charge is -2.40. The number of para-hydroxylation sites is 1. The molecule has 1 saturated carbocycles. The van der Waals surface area contributed by atoms with E-state index in [4.69, 9.17) is 0 Å². The van der Waals surface area contributed by atoms with Crippen molar-refractivity contribution in [3.63, 3.8) is 0 Å².